The number of fused-ring (bicyclic) bond motifs is 1. The molecular formula is C28H20ClN3O6. The fourth-order valence-electron chi connectivity index (χ4n) is 5.00. The average Bonchev–Trinajstić information content (AvgIpc) is 3.62. The van der Waals surface area contributed by atoms with Crippen molar-refractivity contribution in [1.29, 1.82) is 0 Å². The van der Waals surface area contributed by atoms with Gasteiger partial charge in [0.2, 0.25) is 5.91 Å². The first-order valence-corrected chi connectivity index (χ1v) is 12.2. The second-order valence-electron chi connectivity index (χ2n) is 9.03. The SMILES string of the molecule is O=C1[C@@H]2[C@H](ON(c3ccccc3)[C@@H]2c2ccc(-c3ccc(Cl)cc3[N+](=O)[O-])o2)C(=O)N1Cc1ccccc1. The minimum atomic E-state index is -1.03. The van der Waals surface area contributed by atoms with E-state index in [0.29, 0.717) is 11.4 Å². The van der Waals surface area contributed by atoms with Crippen LogP contribution < -0.4 is 5.06 Å². The third-order valence-electron chi connectivity index (χ3n) is 6.74. The van der Waals surface area contributed by atoms with Gasteiger partial charge in [0.1, 0.15) is 23.5 Å². The van der Waals surface area contributed by atoms with E-state index in [-0.39, 0.29) is 34.5 Å². The van der Waals surface area contributed by atoms with Crippen molar-refractivity contribution in [3.8, 4) is 11.3 Å². The number of carbonyl (C=O) groups is 2. The van der Waals surface area contributed by atoms with Crippen molar-refractivity contribution < 1.29 is 23.8 Å². The number of rotatable bonds is 6. The summed E-state index contributed by atoms with van der Waals surface area (Å²) in [7, 11) is 0. The molecule has 9 nitrogen and oxygen atoms in total. The first-order valence-electron chi connectivity index (χ1n) is 11.9. The number of furan rings is 1. The Morgan fingerprint density at radius 1 is 0.895 bits per heavy atom. The lowest BCUT2D eigenvalue weighted by molar-refractivity contribution is -0.384. The predicted molar refractivity (Wildman–Crippen MR) is 138 cm³/mol. The zero-order valence-corrected chi connectivity index (χ0v) is 20.5. The Labute approximate surface area is 221 Å². The number of hydrogen-bond acceptors (Lipinski definition) is 7. The number of imide groups is 1. The molecule has 3 heterocycles. The molecule has 0 spiro atoms. The number of nitro groups is 1. The Balaban J connectivity index is 1.40. The Morgan fingerprint density at radius 3 is 2.32 bits per heavy atom. The molecule has 3 aromatic carbocycles. The van der Waals surface area contributed by atoms with Gasteiger partial charge in [-0.05, 0) is 42.0 Å². The zero-order valence-electron chi connectivity index (χ0n) is 19.8. The van der Waals surface area contributed by atoms with Crippen LogP contribution in [0.15, 0.2) is 95.4 Å². The summed E-state index contributed by atoms with van der Waals surface area (Å²) in [5.74, 6) is -1.10. The highest BCUT2D eigenvalue weighted by Crippen LogP contribution is 2.48. The molecule has 2 amide bonds. The molecule has 190 valence electrons. The molecule has 1 aromatic heterocycles. The van der Waals surface area contributed by atoms with Gasteiger partial charge in [0.15, 0.2) is 6.10 Å². The zero-order chi connectivity index (χ0) is 26.4. The third kappa shape index (κ3) is 4.02. The summed E-state index contributed by atoms with van der Waals surface area (Å²) in [6, 6.07) is 25.1. The molecule has 2 aliphatic heterocycles. The number of amides is 2. The summed E-state index contributed by atoms with van der Waals surface area (Å²) >= 11 is 5.97. The molecule has 0 radical (unpaired) electrons. The molecule has 6 rings (SSSR count). The molecule has 0 N–H and O–H groups in total. The van der Waals surface area contributed by atoms with Crippen LogP contribution in [-0.4, -0.2) is 27.7 Å². The minimum absolute atomic E-state index is 0.132. The highest BCUT2D eigenvalue weighted by atomic mass is 35.5. The van der Waals surface area contributed by atoms with Gasteiger partial charge in [0, 0.05) is 11.1 Å². The van der Waals surface area contributed by atoms with Gasteiger partial charge < -0.3 is 4.42 Å². The van der Waals surface area contributed by atoms with Crippen LogP contribution in [0.5, 0.6) is 0 Å². The van der Waals surface area contributed by atoms with Gasteiger partial charge in [-0.15, -0.1) is 0 Å². The second kappa shape index (κ2) is 9.44. The molecule has 2 fully saturated rings. The number of benzene rings is 3. The summed E-state index contributed by atoms with van der Waals surface area (Å²) in [5, 5.41) is 13.4. The van der Waals surface area contributed by atoms with E-state index in [1.165, 1.54) is 28.2 Å². The van der Waals surface area contributed by atoms with Crippen LogP contribution in [0.2, 0.25) is 5.02 Å². The lowest BCUT2D eigenvalue weighted by Gasteiger charge is -2.27. The normalized spacial score (nSPS) is 20.7. The van der Waals surface area contributed by atoms with Gasteiger partial charge in [0.25, 0.3) is 11.6 Å². The first-order chi connectivity index (χ1) is 18.4. The maximum atomic E-state index is 13.7. The second-order valence-corrected chi connectivity index (χ2v) is 9.46. The van der Waals surface area contributed by atoms with Gasteiger partial charge >= 0.3 is 0 Å². The van der Waals surface area contributed by atoms with Crippen LogP contribution in [0.1, 0.15) is 17.4 Å². The smallest absolute Gasteiger partial charge is 0.281 e. The van der Waals surface area contributed by atoms with Gasteiger partial charge in [-0.25, -0.2) is 5.06 Å². The Morgan fingerprint density at radius 2 is 1.61 bits per heavy atom. The molecule has 38 heavy (non-hydrogen) atoms. The van der Waals surface area contributed by atoms with Gasteiger partial charge in [-0.3, -0.25) is 29.4 Å². The molecule has 0 unspecified atom stereocenters. The van der Waals surface area contributed by atoms with E-state index in [1.807, 2.05) is 48.5 Å². The van der Waals surface area contributed by atoms with Crippen LogP contribution in [0.3, 0.4) is 0 Å². The Hall–Kier alpha value is -4.47. The molecule has 0 aliphatic carbocycles. The fourth-order valence-corrected chi connectivity index (χ4v) is 5.17. The molecule has 2 aliphatic rings. The number of hydrogen-bond donors (Lipinski definition) is 0. The molecule has 0 bridgehead atoms. The van der Waals surface area contributed by atoms with E-state index in [4.69, 9.17) is 20.9 Å². The van der Waals surface area contributed by atoms with Crippen molar-refractivity contribution in [2.75, 3.05) is 5.06 Å². The summed E-state index contributed by atoms with van der Waals surface area (Å²) in [4.78, 5) is 45.5. The van der Waals surface area contributed by atoms with Crippen LogP contribution >= 0.6 is 11.6 Å². The van der Waals surface area contributed by atoms with E-state index in [9.17, 15) is 19.7 Å². The van der Waals surface area contributed by atoms with Crippen molar-refractivity contribution in [3.05, 3.63) is 117 Å². The monoisotopic (exact) mass is 529 g/mol. The molecule has 10 heteroatoms. The standard InChI is InChI=1S/C28H20ClN3O6/c29-18-11-12-20(21(15-18)32(35)36)22-13-14-23(37-22)25-24-26(38-31(25)19-9-5-2-6-10-19)28(34)30(27(24)33)16-17-7-3-1-4-8-17/h1-15,24-26H,16H2/t24-,25+,26-/m0/s1. The summed E-state index contributed by atoms with van der Waals surface area (Å²) in [6.07, 6.45) is -1.03. The number of carbonyl (C=O) groups excluding carboxylic acids is 2. The van der Waals surface area contributed by atoms with E-state index < -0.39 is 28.9 Å². The highest BCUT2D eigenvalue weighted by Gasteiger charge is 2.60. The summed E-state index contributed by atoms with van der Waals surface area (Å²) in [6.45, 7) is 0.132. The van der Waals surface area contributed by atoms with Gasteiger partial charge in [-0.1, -0.05) is 60.1 Å². The van der Waals surface area contributed by atoms with Crippen molar-refractivity contribution >= 4 is 34.8 Å². The molecule has 0 saturated carbocycles. The van der Waals surface area contributed by atoms with Crippen LogP contribution in [0.4, 0.5) is 11.4 Å². The van der Waals surface area contributed by atoms with Crippen molar-refractivity contribution in [3.63, 3.8) is 0 Å². The number of hydroxylamine groups is 1. The fraction of sp³-hybridized carbons (Fsp3) is 0.143. The van der Waals surface area contributed by atoms with Crippen molar-refractivity contribution in [2.45, 2.75) is 18.7 Å². The van der Waals surface area contributed by atoms with Crippen molar-refractivity contribution in [1.82, 2.24) is 4.90 Å². The number of halogens is 1. The van der Waals surface area contributed by atoms with Gasteiger partial charge in [-0.2, -0.15) is 0 Å². The molecule has 3 atom stereocenters. The number of anilines is 1. The number of likely N-dealkylation sites (tertiary alicyclic amines) is 1. The summed E-state index contributed by atoms with van der Waals surface area (Å²) < 4.78 is 6.13. The molecule has 2 saturated heterocycles. The van der Waals surface area contributed by atoms with Crippen LogP contribution in [-0.2, 0) is 21.0 Å². The lowest BCUT2D eigenvalue weighted by Crippen LogP contribution is -2.36. The number of nitro benzene ring substituents is 1. The van der Waals surface area contributed by atoms with Crippen LogP contribution in [0, 0.1) is 16.0 Å². The Kier molecular flexibility index (Phi) is 5.94. The van der Waals surface area contributed by atoms with Crippen LogP contribution in [0.25, 0.3) is 11.3 Å². The predicted octanol–water partition coefficient (Wildman–Crippen LogP) is 5.55. The minimum Gasteiger partial charge on any atom is -0.458 e. The summed E-state index contributed by atoms with van der Waals surface area (Å²) in [5.41, 5.74) is 1.49. The molecular weight excluding hydrogens is 510 g/mol. The lowest BCUT2D eigenvalue weighted by atomic mass is 9.94. The highest BCUT2D eigenvalue weighted by molar-refractivity contribution is 6.30. The Bertz CT molecular complexity index is 1540. The number of nitrogens with zero attached hydrogens (tertiary/aromatic N) is 3. The average molecular weight is 530 g/mol. The first kappa shape index (κ1) is 23.9. The topological polar surface area (TPSA) is 106 Å². The number of para-hydroxylation sites is 1. The largest absolute Gasteiger partial charge is 0.458 e. The van der Waals surface area contributed by atoms with Crippen molar-refractivity contribution in [2.24, 2.45) is 5.92 Å². The molecule has 4 aromatic rings. The van der Waals surface area contributed by atoms with E-state index in [0.717, 1.165) is 5.56 Å². The van der Waals surface area contributed by atoms with E-state index in [1.54, 1.807) is 24.3 Å². The van der Waals surface area contributed by atoms with Gasteiger partial charge in [0.05, 0.1) is 22.7 Å². The third-order valence-corrected chi connectivity index (χ3v) is 6.98. The maximum absolute atomic E-state index is 13.7. The quantitative estimate of drug-likeness (QED) is 0.183. The van der Waals surface area contributed by atoms with E-state index in [2.05, 4.69) is 0 Å². The maximum Gasteiger partial charge on any atom is 0.281 e. The van der Waals surface area contributed by atoms with E-state index >= 15 is 0 Å².